The second-order valence-corrected chi connectivity index (χ2v) is 7.44. The van der Waals surface area contributed by atoms with E-state index in [0.29, 0.717) is 0 Å². The maximum Gasteiger partial charge on any atom is 0.307 e. The molecular weight excluding hydrogens is 298 g/mol. The number of hydrogen-bond acceptors (Lipinski definition) is 4. The minimum absolute atomic E-state index is 0.118. The van der Waals surface area contributed by atoms with Gasteiger partial charge in [0.05, 0.1) is 5.92 Å². The van der Waals surface area contributed by atoms with E-state index in [0.717, 1.165) is 57.2 Å². The van der Waals surface area contributed by atoms with Crippen molar-refractivity contribution in [3.8, 4) is 0 Å². The number of nitrogens with zero attached hydrogens (tertiary/aromatic N) is 2. The summed E-state index contributed by atoms with van der Waals surface area (Å²) in [6.45, 7) is 6.27. The molecule has 122 valence electrons. The van der Waals surface area contributed by atoms with Gasteiger partial charge in [0.1, 0.15) is 0 Å². The van der Waals surface area contributed by atoms with Crippen LogP contribution in [0.3, 0.4) is 0 Å². The summed E-state index contributed by atoms with van der Waals surface area (Å²) in [7, 11) is 0. The van der Waals surface area contributed by atoms with Crippen LogP contribution in [-0.2, 0) is 11.3 Å². The van der Waals surface area contributed by atoms with Crippen LogP contribution in [0.1, 0.15) is 31.4 Å². The molecule has 1 N–H and O–H groups in total. The molecule has 0 radical (unpaired) electrons. The molecule has 0 bridgehead atoms. The fourth-order valence-corrected chi connectivity index (χ4v) is 3.86. The van der Waals surface area contributed by atoms with Crippen LogP contribution in [0.5, 0.6) is 0 Å². The number of amides is 1. The van der Waals surface area contributed by atoms with E-state index in [2.05, 4.69) is 10.2 Å². The Morgan fingerprint density at radius 2 is 2.18 bits per heavy atom. The zero-order chi connectivity index (χ0) is 15.5. The topological polar surface area (TPSA) is 54.3 Å². The van der Waals surface area contributed by atoms with E-state index in [1.807, 2.05) is 16.9 Å². The molecular formula is C16H25N3O2S. The van der Waals surface area contributed by atoms with Gasteiger partial charge < -0.3 is 14.8 Å². The van der Waals surface area contributed by atoms with Crippen LogP contribution in [-0.4, -0.2) is 41.6 Å². The molecule has 0 aromatic carbocycles. The molecule has 1 saturated heterocycles. The molecule has 2 heterocycles. The second-order valence-electron chi connectivity index (χ2n) is 6.62. The smallest absolute Gasteiger partial charge is 0.307 e. The summed E-state index contributed by atoms with van der Waals surface area (Å²) < 4.78 is 1.83. The number of aryl methyl sites for hydroxylation is 1. The van der Waals surface area contributed by atoms with E-state index in [9.17, 15) is 9.59 Å². The van der Waals surface area contributed by atoms with Crippen molar-refractivity contribution >= 4 is 17.2 Å². The van der Waals surface area contributed by atoms with Gasteiger partial charge >= 0.3 is 4.87 Å². The molecule has 0 unspecified atom stereocenters. The Morgan fingerprint density at radius 1 is 1.36 bits per heavy atom. The number of likely N-dealkylation sites (tertiary alicyclic amines) is 1. The minimum atomic E-state index is 0.118. The highest BCUT2D eigenvalue weighted by Crippen LogP contribution is 2.27. The summed E-state index contributed by atoms with van der Waals surface area (Å²) in [5.74, 6) is 1.07. The molecule has 1 aromatic heterocycles. The van der Waals surface area contributed by atoms with Gasteiger partial charge in [-0.05, 0) is 45.1 Å². The van der Waals surface area contributed by atoms with Gasteiger partial charge in [-0.2, -0.15) is 0 Å². The average Bonchev–Trinajstić information content (AvgIpc) is 3.30. The number of aromatic nitrogens is 1. The Kier molecular flexibility index (Phi) is 4.98. The zero-order valence-corrected chi connectivity index (χ0v) is 14.0. The number of piperidine rings is 1. The summed E-state index contributed by atoms with van der Waals surface area (Å²) in [6.07, 6.45) is 4.60. The third-order valence-electron chi connectivity index (χ3n) is 4.75. The van der Waals surface area contributed by atoms with Crippen molar-refractivity contribution in [2.24, 2.45) is 11.8 Å². The molecule has 1 amide bonds. The molecule has 2 fully saturated rings. The van der Waals surface area contributed by atoms with Gasteiger partial charge in [-0.15, -0.1) is 0 Å². The van der Waals surface area contributed by atoms with Crippen LogP contribution in [0.25, 0.3) is 0 Å². The van der Waals surface area contributed by atoms with Crippen molar-refractivity contribution in [1.29, 1.82) is 0 Å². The highest BCUT2D eigenvalue weighted by atomic mass is 32.1. The third kappa shape index (κ3) is 3.98. The predicted octanol–water partition coefficient (Wildman–Crippen LogP) is 1.46. The van der Waals surface area contributed by atoms with Crippen molar-refractivity contribution in [3.63, 3.8) is 0 Å². The maximum absolute atomic E-state index is 12.2. The van der Waals surface area contributed by atoms with Crippen LogP contribution >= 0.6 is 11.3 Å². The van der Waals surface area contributed by atoms with Crippen molar-refractivity contribution in [3.05, 3.63) is 20.7 Å². The lowest BCUT2D eigenvalue weighted by Gasteiger charge is -2.32. The van der Waals surface area contributed by atoms with Crippen molar-refractivity contribution in [1.82, 2.24) is 14.8 Å². The summed E-state index contributed by atoms with van der Waals surface area (Å²) in [4.78, 5) is 26.4. The third-order valence-corrected chi connectivity index (χ3v) is 5.64. The molecule has 1 atom stereocenters. The maximum atomic E-state index is 12.2. The Balaban J connectivity index is 1.47. The summed E-state index contributed by atoms with van der Waals surface area (Å²) in [6, 6.07) is 0. The van der Waals surface area contributed by atoms with E-state index in [4.69, 9.17) is 0 Å². The van der Waals surface area contributed by atoms with Gasteiger partial charge in [0.2, 0.25) is 5.91 Å². The largest absolute Gasteiger partial charge is 0.356 e. The number of rotatable bonds is 6. The van der Waals surface area contributed by atoms with Crippen LogP contribution < -0.4 is 10.2 Å². The fraction of sp³-hybridized carbons (Fsp3) is 0.750. The molecule has 0 spiro atoms. The average molecular weight is 323 g/mol. The first-order chi connectivity index (χ1) is 10.6. The van der Waals surface area contributed by atoms with E-state index < -0.39 is 0 Å². The lowest BCUT2D eigenvalue weighted by Crippen LogP contribution is -2.44. The summed E-state index contributed by atoms with van der Waals surface area (Å²) in [5.41, 5.74) is 1.03. The zero-order valence-electron chi connectivity index (χ0n) is 13.2. The lowest BCUT2D eigenvalue weighted by atomic mass is 9.97. The van der Waals surface area contributed by atoms with E-state index >= 15 is 0 Å². The van der Waals surface area contributed by atoms with Gasteiger partial charge in [-0.3, -0.25) is 9.59 Å². The van der Waals surface area contributed by atoms with Gasteiger partial charge in [-0.1, -0.05) is 11.3 Å². The van der Waals surface area contributed by atoms with Gasteiger partial charge in [0.15, 0.2) is 0 Å². The molecule has 1 aromatic rings. The standard InChI is InChI=1S/C16H25N3O2S/c1-12-11-22-16(21)19(12)8-7-18-6-2-3-14(10-18)15(20)17-9-13-4-5-13/h11,13-14H,2-10H2,1H3,(H,17,20)/t14-/m1/s1. The van der Waals surface area contributed by atoms with Crippen molar-refractivity contribution < 1.29 is 4.79 Å². The SMILES string of the molecule is Cc1csc(=O)n1CCN1CCC[C@@H](C(=O)NCC2CC2)C1. The van der Waals surface area contributed by atoms with Crippen LogP contribution in [0.15, 0.2) is 10.2 Å². The Bertz CT molecular complexity index is 576. The van der Waals surface area contributed by atoms with E-state index in [1.165, 1.54) is 24.2 Å². The van der Waals surface area contributed by atoms with Gasteiger partial charge in [0.25, 0.3) is 0 Å². The number of nitrogens with one attached hydrogen (secondary N) is 1. The van der Waals surface area contributed by atoms with Crippen LogP contribution in [0.2, 0.25) is 0 Å². The Hall–Kier alpha value is -1.14. The Morgan fingerprint density at radius 3 is 2.86 bits per heavy atom. The van der Waals surface area contributed by atoms with Gasteiger partial charge in [0, 0.05) is 37.3 Å². The monoisotopic (exact) mass is 323 g/mol. The normalized spacial score (nSPS) is 22.7. The summed E-state index contributed by atoms with van der Waals surface area (Å²) in [5, 5.41) is 5.01. The van der Waals surface area contributed by atoms with Gasteiger partial charge in [-0.25, -0.2) is 0 Å². The van der Waals surface area contributed by atoms with Crippen molar-refractivity contribution in [2.75, 3.05) is 26.2 Å². The molecule has 22 heavy (non-hydrogen) atoms. The number of carbonyl (C=O) groups is 1. The first kappa shape index (κ1) is 15.7. The predicted molar refractivity (Wildman–Crippen MR) is 88.2 cm³/mol. The fourth-order valence-electron chi connectivity index (χ4n) is 3.10. The number of thiazole rings is 1. The molecule has 6 heteroatoms. The van der Waals surface area contributed by atoms with E-state index in [-0.39, 0.29) is 16.7 Å². The molecule has 5 nitrogen and oxygen atoms in total. The summed E-state index contributed by atoms with van der Waals surface area (Å²) >= 11 is 1.26. The van der Waals surface area contributed by atoms with E-state index in [1.54, 1.807) is 0 Å². The van der Waals surface area contributed by atoms with Crippen LogP contribution in [0.4, 0.5) is 0 Å². The Labute approximate surface area is 135 Å². The number of hydrogen-bond donors (Lipinski definition) is 1. The van der Waals surface area contributed by atoms with Crippen molar-refractivity contribution in [2.45, 2.75) is 39.2 Å². The van der Waals surface area contributed by atoms with Crippen LogP contribution in [0, 0.1) is 18.8 Å². The molecule has 3 rings (SSSR count). The molecule has 2 aliphatic rings. The highest BCUT2D eigenvalue weighted by Gasteiger charge is 2.27. The number of carbonyl (C=O) groups excluding carboxylic acids is 1. The lowest BCUT2D eigenvalue weighted by molar-refractivity contribution is -0.126. The first-order valence-corrected chi connectivity index (χ1v) is 9.16. The second kappa shape index (κ2) is 6.96. The quantitative estimate of drug-likeness (QED) is 0.862. The molecule has 1 saturated carbocycles. The molecule has 1 aliphatic heterocycles. The minimum Gasteiger partial charge on any atom is -0.356 e. The first-order valence-electron chi connectivity index (χ1n) is 8.28. The highest BCUT2D eigenvalue weighted by molar-refractivity contribution is 7.07. The molecule has 1 aliphatic carbocycles.